The fraction of sp³-hybridized carbons (Fsp3) is 0.286. The zero-order valence-corrected chi connectivity index (χ0v) is 31.1. The Morgan fingerprint density at radius 3 is 1.87 bits per heavy atom. The van der Waals surface area contributed by atoms with E-state index in [1.807, 2.05) is 24.4 Å². The molecular formula is C42H44N3OPt-. The van der Waals surface area contributed by atoms with Gasteiger partial charge in [-0.1, -0.05) is 122 Å². The number of benzene rings is 4. The second-order valence-electron chi connectivity index (χ2n) is 15.3. The summed E-state index contributed by atoms with van der Waals surface area (Å²) >= 11 is 0. The summed E-state index contributed by atoms with van der Waals surface area (Å²) in [5.74, 6) is 0.906. The summed E-state index contributed by atoms with van der Waals surface area (Å²) < 4.78 is 2.27. The van der Waals surface area contributed by atoms with Crippen LogP contribution in [0, 0.1) is 6.07 Å². The Kier molecular flexibility index (Phi) is 9.16. The SMILES string of the molecule is CC(C)(C)c1ccnc(-c2[c-]c(-c3cccc4c3nc(-c3ccccc3O)n4-c3c(C(C)(C)C)cccc3C(C)(C)C)ccc2)c1.[Pt]. The minimum absolute atomic E-state index is 0. The summed E-state index contributed by atoms with van der Waals surface area (Å²) in [5, 5.41) is 11.2. The summed E-state index contributed by atoms with van der Waals surface area (Å²) in [4.78, 5) is 10.1. The van der Waals surface area contributed by atoms with Crippen LogP contribution in [0.4, 0.5) is 0 Å². The Morgan fingerprint density at radius 1 is 0.638 bits per heavy atom. The molecule has 0 bridgehead atoms. The molecular weight excluding hydrogens is 758 g/mol. The third-order valence-corrected chi connectivity index (χ3v) is 8.69. The van der Waals surface area contributed by atoms with Crippen molar-refractivity contribution < 1.29 is 26.2 Å². The normalized spacial score (nSPS) is 12.3. The van der Waals surface area contributed by atoms with Gasteiger partial charge in [-0.2, -0.15) is 0 Å². The third kappa shape index (κ3) is 6.58. The molecule has 0 radical (unpaired) electrons. The van der Waals surface area contributed by atoms with Crippen LogP contribution in [0.1, 0.15) is 79.0 Å². The number of hydrogen-bond acceptors (Lipinski definition) is 3. The molecule has 47 heavy (non-hydrogen) atoms. The number of nitrogens with zero attached hydrogens (tertiary/aromatic N) is 3. The second kappa shape index (κ2) is 12.5. The molecule has 0 fully saturated rings. The summed E-state index contributed by atoms with van der Waals surface area (Å²) in [6, 6.07) is 34.6. The van der Waals surface area contributed by atoms with Gasteiger partial charge in [-0.05, 0) is 57.2 Å². The molecule has 0 amide bonds. The van der Waals surface area contributed by atoms with Crippen LogP contribution in [0.25, 0.3) is 50.5 Å². The zero-order chi connectivity index (χ0) is 33.0. The molecule has 0 unspecified atom stereocenters. The van der Waals surface area contributed by atoms with Crippen molar-refractivity contribution in [3.63, 3.8) is 0 Å². The summed E-state index contributed by atoms with van der Waals surface area (Å²) in [6.45, 7) is 20.2. The zero-order valence-electron chi connectivity index (χ0n) is 28.8. The van der Waals surface area contributed by atoms with Gasteiger partial charge in [0.05, 0.1) is 22.3 Å². The molecule has 0 aliphatic rings. The molecule has 0 aliphatic carbocycles. The first kappa shape index (κ1) is 34.3. The van der Waals surface area contributed by atoms with Crippen LogP contribution in [0.15, 0.2) is 97.2 Å². The van der Waals surface area contributed by atoms with Gasteiger partial charge < -0.3 is 5.11 Å². The molecule has 2 aromatic heterocycles. The second-order valence-corrected chi connectivity index (χ2v) is 15.3. The number of pyridine rings is 1. The van der Waals surface area contributed by atoms with Gasteiger partial charge >= 0.3 is 0 Å². The van der Waals surface area contributed by atoms with Crippen molar-refractivity contribution >= 4 is 11.0 Å². The van der Waals surface area contributed by atoms with E-state index >= 15 is 0 Å². The van der Waals surface area contributed by atoms with Crippen LogP contribution in [-0.2, 0) is 37.3 Å². The number of imidazole rings is 1. The Hall–Kier alpha value is -4.01. The number of hydrogen-bond donors (Lipinski definition) is 1. The van der Waals surface area contributed by atoms with E-state index in [1.54, 1.807) is 6.07 Å². The molecule has 0 atom stereocenters. The number of para-hydroxylation sites is 3. The molecule has 4 nitrogen and oxygen atoms in total. The standard InChI is InChI=1S/C42H44N3O.Pt/c1-40(2,3)29-23-24-43-34(26-29)28-16-12-15-27(25-28)30-18-13-21-35-37(30)44-39(31-17-10-11-22-36(31)46)45(35)38-32(41(4,5)6)19-14-20-33(38)42(7,8)9;/h10-24,26,46H,1-9H3;/q-1;. The van der Waals surface area contributed by atoms with Gasteiger partial charge in [0.1, 0.15) is 11.6 Å². The summed E-state index contributed by atoms with van der Waals surface area (Å²) in [6.07, 6.45) is 1.89. The van der Waals surface area contributed by atoms with Gasteiger partial charge in [-0.25, -0.2) is 4.98 Å². The van der Waals surface area contributed by atoms with E-state index in [1.165, 1.54) is 16.7 Å². The average Bonchev–Trinajstić information content (AvgIpc) is 3.39. The Morgan fingerprint density at radius 2 is 1.23 bits per heavy atom. The molecule has 6 aromatic rings. The van der Waals surface area contributed by atoms with E-state index in [-0.39, 0.29) is 43.1 Å². The quantitative estimate of drug-likeness (QED) is 0.181. The number of aromatic nitrogens is 3. The Balaban J connectivity index is 0.00000433. The van der Waals surface area contributed by atoms with Gasteiger partial charge in [0.25, 0.3) is 0 Å². The van der Waals surface area contributed by atoms with E-state index < -0.39 is 0 Å². The number of phenolic OH excluding ortho intramolecular Hbond substituents is 1. The van der Waals surface area contributed by atoms with Crippen molar-refractivity contribution in [1.29, 1.82) is 0 Å². The maximum atomic E-state index is 11.2. The van der Waals surface area contributed by atoms with Crippen LogP contribution in [0.2, 0.25) is 0 Å². The molecule has 4 aromatic carbocycles. The van der Waals surface area contributed by atoms with Gasteiger partial charge in [-0.15, -0.1) is 29.8 Å². The van der Waals surface area contributed by atoms with Crippen molar-refractivity contribution in [2.75, 3.05) is 0 Å². The van der Waals surface area contributed by atoms with E-state index in [2.05, 4.69) is 140 Å². The molecule has 0 spiro atoms. The summed E-state index contributed by atoms with van der Waals surface area (Å²) in [7, 11) is 0. The van der Waals surface area contributed by atoms with Crippen LogP contribution in [-0.4, -0.2) is 19.6 Å². The van der Waals surface area contributed by atoms with Crippen molar-refractivity contribution in [2.24, 2.45) is 0 Å². The van der Waals surface area contributed by atoms with Gasteiger partial charge in [-0.3, -0.25) is 9.55 Å². The minimum Gasteiger partial charge on any atom is -0.507 e. The van der Waals surface area contributed by atoms with Gasteiger partial charge in [0.15, 0.2) is 0 Å². The fourth-order valence-corrected chi connectivity index (χ4v) is 6.20. The molecule has 0 saturated heterocycles. The third-order valence-electron chi connectivity index (χ3n) is 8.69. The molecule has 2 heterocycles. The van der Waals surface area contributed by atoms with Crippen LogP contribution < -0.4 is 0 Å². The van der Waals surface area contributed by atoms with E-state index in [4.69, 9.17) is 9.97 Å². The van der Waals surface area contributed by atoms with E-state index in [0.717, 1.165) is 39.1 Å². The van der Waals surface area contributed by atoms with Crippen molar-refractivity contribution in [3.05, 3.63) is 120 Å². The monoisotopic (exact) mass is 801 g/mol. The predicted molar refractivity (Wildman–Crippen MR) is 192 cm³/mol. The molecule has 244 valence electrons. The maximum Gasteiger partial charge on any atom is 0.148 e. The molecule has 6 rings (SSSR count). The predicted octanol–water partition coefficient (Wildman–Crippen LogP) is 10.8. The largest absolute Gasteiger partial charge is 0.507 e. The van der Waals surface area contributed by atoms with Crippen LogP contribution in [0.3, 0.4) is 0 Å². The average molecular weight is 802 g/mol. The summed E-state index contributed by atoms with van der Waals surface area (Å²) in [5.41, 5.74) is 10.8. The first-order valence-electron chi connectivity index (χ1n) is 16.1. The number of fused-ring (bicyclic) bond motifs is 1. The molecule has 1 N–H and O–H groups in total. The number of aromatic hydroxyl groups is 1. The molecule has 0 aliphatic heterocycles. The van der Waals surface area contributed by atoms with Crippen LogP contribution >= 0.6 is 0 Å². The molecule has 0 saturated carbocycles. The van der Waals surface area contributed by atoms with E-state index in [9.17, 15) is 5.11 Å². The first-order valence-corrected chi connectivity index (χ1v) is 16.1. The van der Waals surface area contributed by atoms with E-state index in [0.29, 0.717) is 11.4 Å². The maximum absolute atomic E-state index is 11.2. The number of phenols is 1. The Labute approximate surface area is 294 Å². The smallest absolute Gasteiger partial charge is 0.148 e. The van der Waals surface area contributed by atoms with Gasteiger partial charge in [0, 0.05) is 33.0 Å². The topological polar surface area (TPSA) is 50.9 Å². The van der Waals surface area contributed by atoms with Crippen molar-refractivity contribution in [1.82, 2.24) is 14.5 Å². The molecule has 5 heteroatoms. The first-order chi connectivity index (χ1) is 21.6. The number of rotatable bonds is 4. The minimum atomic E-state index is -0.141. The van der Waals surface area contributed by atoms with Crippen LogP contribution in [0.5, 0.6) is 5.75 Å². The van der Waals surface area contributed by atoms with Crippen molar-refractivity contribution in [2.45, 2.75) is 78.6 Å². The van der Waals surface area contributed by atoms with Crippen molar-refractivity contribution in [3.8, 4) is 45.2 Å². The van der Waals surface area contributed by atoms with Gasteiger partial charge in [0.2, 0.25) is 0 Å². The fourth-order valence-electron chi connectivity index (χ4n) is 6.20. The Bertz CT molecular complexity index is 2040.